The van der Waals surface area contributed by atoms with Crippen LogP contribution in [0.3, 0.4) is 0 Å². The first-order valence-corrected chi connectivity index (χ1v) is 8.51. The summed E-state index contributed by atoms with van der Waals surface area (Å²) in [5.41, 5.74) is 0. The fourth-order valence-electron chi connectivity index (χ4n) is 2.73. The molecule has 0 bridgehead atoms. The molecule has 0 radical (unpaired) electrons. The molecule has 1 amide bonds. The maximum absolute atomic E-state index is 12.0. The third-order valence-electron chi connectivity index (χ3n) is 3.85. The summed E-state index contributed by atoms with van der Waals surface area (Å²) >= 11 is 0. The number of amides is 1. The van der Waals surface area contributed by atoms with Crippen molar-refractivity contribution in [3.63, 3.8) is 0 Å². The van der Waals surface area contributed by atoms with Crippen molar-refractivity contribution in [2.24, 2.45) is 0 Å². The van der Waals surface area contributed by atoms with Gasteiger partial charge >= 0.3 is 0 Å². The van der Waals surface area contributed by atoms with Crippen molar-refractivity contribution in [3.8, 4) is 0 Å². The van der Waals surface area contributed by atoms with Gasteiger partial charge in [-0.2, -0.15) is 0 Å². The summed E-state index contributed by atoms with van der Waals surface area (Å²) in [6.45, 7) is 1.71. The molecular formula is C12H23ClN2O3S. The molecular weight excluding hydrogens is 288 g/mol. The van der Waals surface area contributed by atoms with Gasteiger partial charge in [0, 0.05) is 19.0 Å². The molecule has 0 aromatic rings. The van der Waals surface area contributed by atoms with Crippen molar-refractivity contribution < 1.29 is 13.2 Å². The van der Waals surface area contributed by atoms with Gasteiger partial charge in [0.2, 0.25) is 5.91 Å². The van der Waals surface area contributed by atoms with Crippen LogP contribution >= 0.6 is 12.4 Å². The molecule has 1 atom stereocenters. The lowest BCUT2D eigenvalue weighted by Crippen LogP contribution is -2.37. The van der Waals surface area contributed by atoms with Crippen molar-refractivity contribution in [1.29, 1.82) is 0 Å². The second-order valence-corrected chi connectivity index (χ2v) is 7.68. The van der Waals surface area contributed by atoms with E-state index in [2.05, 4.69) is 10.6 Å². The van der Waals surface area contributed by atoms with E-state index in [1.807, 2.05) is 0 Å². The average Bonchev–Trinajstić information content (AvgIpc) is 2.99. The van der Waals surface area contributed by atoms with Crippen LogP contribution < -0.4 is 10.6 Å². The molecule has 0 aromatic heterocycles. The van der Waals surface area contributed by atoms with E-state index in [-0.39, 0.29) is 41.8 Å². The van der Waals surface area contributed by atoms with Gasteiger partial charge in [0.05, 0.1) is 11.0 Å². The van der Waals surface area contributed by atoms with Gasteiger partial charge in [0.1, 0.15) is 0 Å². The van der Waals surface area contributed by atoms with Crippen molar-refractivity contribution in [3.05, 3.63) is 0 Å². The predicted molar refractivity (Wildman–Crippen MR) is 77.3 cm³/mol. The van der Waals surface area contributed by atoms with E-state index in [1.54, 1.807) is 0 Å². The summed E-state index contributed by atoms with van der Waals surface area (Å²) in [6.07, 6.45) is 4.59. The highest BCUT2D eigenvalue weighted by molar-refractivity contribution is 7.92. The lowest BCUT2D eigenvalue weighted by molar-refractivity contribution is -0.121. The maximum Gasteiger partial charge on any atom is 0.221 e. The van der Waals surface area contributed by atoms with E-state index in [1.165, 1.54) is 0 Å². The minimum atomic E-state index is -3.07. The number of sulfone groups is 1. The molecule has 0 spiro atoms. The number of hydrogen-bond donors (Lipinski definition) is 2. The highest BCUT2D eigenvalue weighted by atomic mass is 35.5. The number of nitrogens with one attached hydrogen (secondary N) is 2. The van der Waals surface area contributed by atoms with Crippen LogP contribution in [0.4, 0.5) is 0 Å². The van der Waals surface area contributed by atoms with Gasteiger partial charge in [0.15, 0.2) is 9.84 Å². The summed E-state index contributed by atoms with van der Waals surface area (Å²) in [4.78, 5) is 11.7. The Morgan fingerprint density at radius 3 is 2.47 bits per heavy atom. The van der Waals surface area contributed by atoms with E-state index in [9.17, 15) is 13.2 Å². The Kier molecular flexibility index (Phi) is 6.56. The Balaban J connectivity index is 0.00000180. The largest absolute Gasteiger partial charge is 0.352 e. The number of carbonyl (C=O) groups excluding carboxylic acids is 1. The molecule has 7 heteroatoms. The maximum atomic E-state index is 12.0. The van der Waals surface area contributed by atoms with E-state index in [4.69, 9.17) is 0 Å². The van der Waals surface area contributed by atoms with Crippen LogP contribution in [0.5, 0.6) is 0 Å². The monoisotopic (exact) mass is 310 g/mol. The van der Waals surface area contributed by atoms with Crippen LogP contribution in [-0.4, -0.2) is 44.5 Å². The zero-order valence-corrected chi connectivity index (χ0v) is 12.7. The van der Waals surface area contributed by atoms with Crippen molar-refractivity contribution in [2.75, 3.05) is 18.8 Å². The zero-order chi connectivity index (χ0) is 13.0. The SMILES string of the molecule is Cl.O=C(CCS(=O)(=O)C1CCCC1)NC1CCNC1. The molecule has 2 fully saturated rings. The normalized spacial score (nSPS) is 24.1. The van der Waals surface area contributed by atoms with Gasteiger partial charge in [-0.3, -0.25) is 4.79 Å². The highest BCUT2D eigenvalue weighted by Gasteiger charge is 2.29. The van der Waals surface area contributed by atoms with E-state index in [0.717, 1.165) is 45.2 Å². The fraction of sp³-hybridized carbons (Fsp3) is 0.917. The Morgan fingerprint density at radius 1 is 1.21 bits per heavy atom. The summed E-state index contributed by atoms with van der Waals surface area (Å²) < 4.78 is 24.0. The Hall–Kier alpha value is -0.330. The van der Waals surface area contributed by atoms with Crippen LogP contribution in [0.1, 0.15) is 38.5 Å². The molecule has 1 unspecified atom stereocenters. The molecule has 112 valence electrons. The van der Waals surface area contributed by atoms with Gasteiger partial charge in [-0.15, -0.1) is 12.4 Å². The van der Waals surface area contributed by atoms with Crippen LogP contribution in [0.15, 0.2) is 0 Å². The Bertz CT molecular complexity index is 388. The van der Waals surface area contributed by atoms with Crippen molar-refractivity contribution in [1.82, 2.24) is 10.6 Å². The van der Waals surface area contributed by atoms with Crippen LogP contribution in [-0.2, 0) is 14.6 Å². The average molecular weight is 311 g/mol. The first kappa shape index (κ1) is 16.7. The molecule has 1 saturated heterocycles. The van der Waals surface area contributed by atoms with Crippen LogP contribution in [0.25, 0.3) is 0 Å². The van der Waals surface area contributed by atoms with Crippen LogP contribution in [0.2, 0.25) is 0 Å². The Labute approximate surface area is 121 Å². The third-order valence-corrected chi connectivity index (χ3v) is 6.11. The van der Waals surface area contributed by atoms with E-state index in [0.29, 0.717) is 0 Å². The molecule has 0 aromatic carbocycles. The molecule has 1 heterocycles. The fourth-order valence-corrected chi connectivity index (χ4v) is 4.58. The third kappa shape index (κ3) is 4.93. The van der Waals surface area contributed by atoms with Gasteiger partial charge in [-0.25, -0.2) is 8.42 Å². The molecule has 2 N–H and O–H groups in total. The molecule has 1 aliphatic heterocycles. The first-order valence-electron chi connectivity index (χ1n) is 6.79. The number of halogens is 1. The zero-order valence-electron chi connectivity index (χ0n) is 11.1. The molecule has 2 rings (SSSR count). The first-order chi connectivity index (χ1) is 8.58. The Morgan fingerprint density at radius 2 is 1.89 bits per heavy atom. The minimum Gasteiger partial charge on any atom is -0.352 e. The summed E-state index contributed by atoms with van der Waals surface area (Å²) in [5, 5.41) is 5.84. The molecule has 5 nitrogen and oxygen atoms in total. The molecule has 19 heavy (non-hydrogen) atoms. The molecule has 1 saturated carbocycles. The second kappa shape index (κ2) is 7.45. The number of rotatable bonds is 5. The quantitative estimate of drug-likeness (QED) is 0.781. The second-order valence-electron chi connectivity index (χ2n) is 5.28. The van der Waals surface area contributed by atoms with Crippen LogP contribution in [0, 0.1) is 0 Å². The minimum absolute atomic E-state index is 0. The lowest BCUT2D eigenvalue weighted by atomic mass is 10.2. The van der Waals surface area contributed by atoms with Crippen molar-refractivity contribution in [2.45, 2.75) is 49.8 Å². The van der Waals surface area contributed by atoms with E-state index >= 15 is 0 Å². The summed E-state index contributed by atoms with van der Waals surface area (Å²) in [6, 6.07) is 0.173. The standard InChI is InChI=1S/C12H22N2O3S.ClH/c15-12(14-10-5-7-13-9-10)6-8-18(16,17)11-3-1-2-4-11;/h10-11,13H,1-9H2,(H,14,15);1H. The number of hydrogen-bond acceptors (Lipinski definition) is 4. The number of carbonyl (C=O) groups is 1. The summed E-state index contributed by atoms with van der Waals surface area (Å²) in [7, 11) is -3.07. The van der Waals surface area contributed by atoms with Gasteiger partial charge in [-0.05, 0) is 25.8 Å². The molecule has 1 aliphatic carbocycles. The van der Waals surface area contributed by atoms with Gasteiger partial charge < -0.3 is 10.6 Å². The van der Waals surface area contributed by atoms with E-state index < -0.39 is 9.84 Å². The van der Waals surface area contributed by atoms with Gasteiger partial charge in [-0.1, -0.05) is 12.8 Å². The molecule has 2 aliphatic rings. The highest BCUT2D eigenvalue weighted by Crippen LogP contribution is 2.25. The smallest absolute Gasteiger partial charge is 0.221 e. The predicted octanol–water partition coefficient (Wildman–Crippen LogP) is 0.634. The van der Waals surface area contributed by atoms with Gasteiger partial charge in [0.25, 0.3) is 0 Å². The van der Waals surface area contributed by atoms with Crippen molar-refractivity contribution >= 4 is 28.2 Å². The summed E-state index contributed by atoms with van der Waals surface area (Å²) in [5.74, 6) is -0.130. The topological polar surface area (TPSA) is 75.3 Å². The lowest BCUT2D eigenvalue weighted by Gasteiger charge is -2.13.